The Morgan fingerprint density at radius 3 is 2.86 bits per heavy atom. The van der Waals surface area contributed by atoms with E-state index in [-0.39, 0.29) is 6.10 Å². The van der Waals surface area contributed by atoms with Crippen LogP contribution in [0.3, 0.4) is 0 Å². The number of allylic oxidation sites excluding steroid dienone is 2. The van der Waals surface area contributed by atoms with Gasteiger partial charge in [-0.3, -0.25) is 0 Å². The fraction of sp³-hybridized carbons (Fsp3) is 0.688. The van der Waals surface area contributed by atoms with Crippen LogP contribution in [-0.4, -0.2) is 57.2 Å². The minimum absolute atomic E-state index is 0.0924. The molecule has 2 N–H and O–H groups in total. The SMILES string of the molecule is CN/N=C(\C[C@@H](C)NCCN(C)C)OC1C=CC(C)=CC1. The summed E-state index contributed by atoms with van der Waals surface area (Å²) in [5.41, 5.74) is 4.13. The minimum atomic E-state index is 0.0924. The molecular weight excluding hydrogens is 264 g/mol. The molecule has 0 saturated carbocycles. The summed E-state index contributed by atoms with van der Waals surface area (Å²) < 4.78 is 5.98. The van der Waals surface area contributed by atoms with Crippen molar-refractivity contribution in [2.75, 3.05) is 34.2 Å². The van der Waals surface area contributed by atoms with Crippen molar-refractivity contribution in [3.05, 3.63) is 23.8 Å². The van der Waals surface area contributed by atoms with E-state index in [0.29, 0.717) is 6.04 Å². The molecule has 0 aliphatic heterocycles. The molecule has 1 aliphatic carbocycles. The van der Waals surface area contributed by atoms with E-state index in [1.807, 2.05) is 0 Å². The van der Waals surface area contributed by atoms with E-state index in [2.05, 4.69) is 66.9 Å². The number of hydrogen-bond donors (Lipinski definition) is 2. The van der Waals surface area contributed by atoms with Gasteiger partial charge < -0.3 is 20.4 Å². The van der Waals surface area contributed by atoms with Crippen molar-refractivity contribution in [3.8, 4) is 0 Å². The zero-order valence-corrected chi connectivity index (χ0v) is 14.0. The smallest absolute Gasteiger partial charge is 0.207 e. The average molecular weight is 294 g/mol. The van der Waals surface area contributed by atoms with Gasteiger partial charge in [-0.1, -0.05) is 17.7 Å². The first-order valence-corrected chi connectivity index (χ1v) is 7.64. The molecule has 0 aromatic heterocycles. The van der Waals surface area contributed by atoms with Crippen LogP contribution in [0.2, 0.25) is 0 Å². The Morgan fingerprint density at radius 1 is 1.52 bits per heavy atom. The molecular formula is C16H30N4O. The van der Waals surface area contributed by atoms with E-state index in [1.54, 1.807) is 7.05 Å². The van der Waals surface area contributed by atoms with Gasteiger partial charge in [0, 0.05) is 39.0 Å². The molecule has 0 amide bonds. The third-order valence-corrected chi connectivity index (χ3v) is 3.30. The highest BCUT2D eigenvalue weighted by molar-refractivity contribution is 5.76. The Morgan fingerprint density at radius 2 is 2.29 bits per heavy atom. The van der Waals surface area contributed by atoms with Crippen LogP contribution in [0.15, 0.2) is 28.9 Å². The van der Waals surface area contributed by atoms with Crippen LogP contribution in [0, 0.1) is 0 Å². The van der Waals surface area contributed by atoms with E-state index >= 15 is 0 Å². The van der Waals surface area contributed by atoms with E-state index in [1.165, 1.54) is 5.57 Å². The molecule has 0 spiro atoms. The standard InChI is InChI=1S/C16H30N4O/c1-13-6-8-15(9-7-13)21-16(19-17-3)12-14(2)18-10-11-20(4)5/h6-8,14-15,17-18H,9-12H2,1-5H3/b19-16+/t14-,15?/m1/s1. The summed E-state index contributed by atoms with van der Waals surface area (Å²) in [5.74, 6) is 0.755. The lowest BCUT2D eigenvalue weighted by Gasteiger charge is -2.21. The summed E-state index contributed by atoms with van der Waals surface area (Å²) in [4.78, 5) is 2.17. The molecule has 21 heavy (non-hydrogen) atoms. The van der Waals surface area contributed by atoms with E-state index in [0.717, 1.165) is 31.8 Å². The lowest BCUT2D eigenvalue weighted by molar-refractivity contribution is 0.225. The van der Waals surface area contributed by atoms with E-state index in [4.69, 9.17) is 4.74 Å². The van der Waals surface area contributed by atoms with Crippen LogP contribution < -0.4 is 10.7 Å². The number of rotatable bonds is 8. The maximum absolute atomic E-state index is 5.98. The number of nitrogens with zero attached hydrogens (tertiary/aromatic N) is 2. The molecule has 120 valence electrons. The summed E-state index contributed by atoms with van der Waals surface area (Å²) in [6, 6.07) is 0.335. The van der Waals surface area contributed by atoms with Gasteiger partial charge >= 0.3 is 0 Å². The quantitative estimate of drug-likeness (QED) is 0.407. The fourth-order valence-electron chi connectivity index (χ4n) is 2.08. The molecule has 0 fully saturated rings. The first kappa shape index (κ1) is 17.7. The van der Waals surface area contributed by atoms with Gasteiger partial charge in [0.15, 0.2) is 0 Å². The molecule has 0 bridgehead atoms. The highest BCUT2D eigenvalue weighted by Crippen LogP contribution is 2.14. The van der Waals surface area contributed by atoms with E-state index < -0.39 is 0 Å². The van der Waals surface area contributed by atoms with E-state index in [9.17, 15) is 0 Å². The predicted molar refractivity (Wildman–Crippen MR) is 89.5 cm³/mol. The van der Waals surface area contributed by atoms with Crippen molar-refractivity contribution in [2.24, 2.45) is 5.10 Å². The summed E-state index contributed by atoms with van der Waals surface area (Å²) in [5, 5.41) is 7.75. The molecule has 0 aromatic carbocycles. The Kier molecular flexibility index (Phi) is 8.08. The molecule has 2 atom stereocenters. The molecule has 1 unspecified atom stereocenters. The van der Waals surface area contributed by atoms with Gasteiger partial charge in [-0.2, -0.15) is 0 Å². The summed E-state index contributed by atoms with van der Waals surface area (Å²) in [6.07, 6.45) is 8.18. The Bertz CT molecular complexity index is 388. The van der Waals surface area contributed by atoms with Gasteiger partial charge in [0.25, 0.3) is 0 Å². The lowest BCUT2D eigenvalue weighted by atomic mass is 10.1. The molecule has 0 radical (unpaired) electrons. The average Bonchev–Trinajstić information content (AvgIpc) is 2.41. The van der Waals surface area contributed by atoms with Gasteiger partial charge in [-0.25, -0.2) is 0 Å². The van der Waals surface area contributed by atoms with Gasteiger partial charge in [0.2, 0.25) is 5.90 Å². The molecule has 1 aliphatic rings. The van der Waals surface area contributed by atoms with Crippen LogP contribution in [0.4, 0.5) is 0 Å². The normalized spacial score (nSPS) is 20.4. The largest absolute Gasteiger partial charge is 0.472 e. The second-order valence-electron chi connectivity index (χ2n) is 5.79. The van der Waals surface area contributed by atoms with Gasteiger partial charge in [-0.05, 0) is 34.0 Å². The summed E-state index contributed by atoms with van der Waals surface area (Å²) >= 11 is 0. The second kappa shape index (κ2) is 9.58. The van der Waals surface area contributed by atoms with Gasteiger partial charge in [0.05, 0.1) is 0 Å². The molecule has 5 nitrogen and oxygen atoms in total. The number of hydrazone groups is 1. The zero-order chi connectivity index (χ0) is 15.7. The Labute approximate surface area is 129 Å². The van der Waals surface area contributed by atoms with Crippen LogP contribution in [0.25, 0.3) is 0 Å². The summed E-state index contributed by atoms with van der Waals surface area (Å²) in [7, 11) is 5.96. The predicted octanol–water partition coefficient (Wildman–Crippen LogP) is 1.74. The third-order valence-electron chi connectivity index (χ3n) is 3.30. The van der Waals surface area contributed by atoms with Crippen LogP contribution in [0.1, 0.15) is 26.7 Å². The highest BCUT2D eigenvalue weighted by Gasteiger charge is 2.14. The topological polar surface area (TPSA) is 48.9 Å². The van der Waals surface area contributed by atoms with Crippen LogP contribution in [-0.2, 0) is 4.74 Å². The first-order valence-electron chi connectivity index (χ1n) is 7.64. The maximum atomic E-state index is 5.98. The molecule has 0 saturated heterocycles. The van der Waals surface area contributed by atoms with Crippen molar-refractivity contribution >= 4 is 5.90 Å². The van der Waals surface area contributed by atoms with Crippen molar-refractivity contribution in [1.82, 2.24) is 15.6 Å². The third kappa shape index (κ3) is 7.87. The minimum Gasteiger partial charge on any atom is -0.472 e. The van der Waals surface area contributed by atoms with Crippen LogP contribution >= 0.6 is 0 Å². The highest BCUT2D eigenvalue weighted by atomic mass is 16.5. The van der Waals surface area contributed by atoms with Crippen molar-refractivity contribution < 1.29 is 4.74 Å². The lowest BCUT2D eigenvalue weighted by Crippen LogP contribution is -2.35. The fourth-order valence-corrected chi connectivity index (χ4v) is 2.08. The monoisotopic (exact) mass is 294 g/mol. The number of nitrogens with one attached hydrogen (secondary N) is 2. The number of ether oxygens (including phenoxy) is 1. The molecule has 0 heterocycles. The van der Waals surface area contributed by atoms with Crippen molar-refractivity contribution in [1.29, 1.82) is 0 Å². The Hall–Kier alpha value is -1.33. The molecule has 5 heteroatoms. The van der Waals surface area contributed by atoms with Crippen LogP contribution in [0.5, 0.6) is 0 Å². The number of hydrogen-bond acceptors (Lipinski definition) is 5. The van der Waals surface area contributed by atoms with Gasteiger partial charge in [0.1, 0.15) is 6.10 Å². The van der Waals surface area contributed by atoms with Crippen molar-refractivity contribution in [3.63, 3.8) is 0 Å². The molecule has 1 rings (SSSR count). The second-order valence-corrected chi connectivity index (χ2v) is 5.79. The first-order chi connectivity index (χ1) is 10.0. The number of likely N-dealkylation sites (N-methyl/N-ethyl adjacent to an activating group) is 1. The summed E-state index contributed by atoms with van der Waals surface area (Å²) in [6.45, 7) is 6.25. The van der Waals surface area contributed by atoms with Gasteiger partial charge in [-0.15, -0.1) is 5.10 Å². The van der Waals surface area contributed by atoms with Crippen molar-refractivity contribution in [2.45, 2.75) is 38.8 Å². The zero-order valence-electron chi connectivity index (χ0n) is 14.0. The maximum Gasteiger partial charge on any atom is 0.207 e. The molecule has 0 aromatic rings. The Balaban J connectivity index is 2.39.